The number of nitrogens with two attached hydrogens (primary N) is 1. The summed E-state index contributed by atoms with van der Waals surface area (Å²) in [7, 11) is 0. The van der Waals surface area contributed by atoms with E-state index in [1.54, 1.807) is 12.1 Å². The quantitative estimate of drug-likeness (QED) is 0.790. The molecule has 3 atom stereocenters. The first kappa shape index (κ1) is 17.2. The van der Waals surface area contributed by atoms with Crippen molar-refractivity contribution in [2.24, 2.45) is 11.7 Å². The molecule has 1 aromatic carbocycles. The lowest BCUT2D eigenvalue weighted by Gasteiger charge is -2.26. The first-order chi connectivity index (χ1) is 7.88. The summed E-state index contributed by atoms with van der Waals surface area (Å²) < 4.78 is 0. The Bertz CT molecular complexity index is 372. The van der Waals surface area contributed by atoms with Crippen molar-refractivity contribution in [3.05, 3.63) is 28.8 Å². The Morgan fingerprint density at radius 2 is 1.67 bits per heavy atom. The topological polar surface area (TPSA) is 66.5 Å². The van der Waals surface area contributed by atoms with Gasteiger partial charge in [0.25, 0.3) is 0 Å². The lowest BCUT2D eigenvalue weighted by atomic mass is 9.87. The van der Waals surface area contributed by atoms with Crippen molar-refractivity contribution in [3.63, 3.8) is 0 Å². The van der Waals surface area contributed by atoms with Gasteiger partial charge in [-0.15, -0.1) is 12.4 Å². The van der Waals surface area contributed by atoms with Gasteiger partial charge in [0.1, 0.15) is 5.75 Å². The van der Waals surface area contributed by atoms with E-state index in [1.807, 2.05) is 27.7 Å². The van der Waals surface area contributed by atoms with Crippen LogP contribution in [0.1, 0.15) is 43.0 Å². The van der Waals surface area contributed by atoms with Crippen molar-refractivity contribution >= 4 is 12.4 Å². The molecule has 3 nitrogen and oxygen atoms in total. The number of phenols is 1. The van der Waals surface area contributed by atoms with Crippen LogP contribution in [0.2, 0.25) is 0 Å². The predicted octanol–water partition coefficient (Wildman–Crippen LogP) is 2.84. The fourth-order valence-corrected chi connectivity index (χ4v) is 2.24. The third-order valence-electron chi connectivity index (χ3n) is 3.51. The van der Waals surface area contributed by atoms with Crippen molar-refractivity contribution in [1.82, 2.24) is 0 Å². The fourth-order valence-electron chi connectivity index (χ4n) is 2.24. The fraction of sp³-hybridized carbons (Fsp3) is 0.571. The summed E-state index contributed by atoms with van der Waals surface area (Å²) in [6.07, 6.45) is 0.340. The van der Waals surface area contributed by atoms with E-state index in [0.717, 1.165) is 23.1 Å². The summed E-state index contributed by atoms with van der Waals surface area (Å²) in [5, 5.41) is 19.7. The van der Waals surface area contributed by atoms with Gasteiger partial charge in [0.15, 0.2) is 0 Å². The summed E-state index contributed by atoms with van der Waals surface area (Å²) in [4.78, 5) is 0. The van der Waals surface area contributed by atoms with Crippen LogP contribution in [0.15, 0.2) is 12.1 Å². The highest BCUT2D eigenvalue weighted by atomic mass is 35.5. The van der Waals surface area contributed by atoms with Crippen LogP contribution in [-0.2, 0) is 0 Å². The van der Waals surface area contributed by atoms with Gasteiger partial charge in [-0.3, -0.25) is 0 Å². The lowest BCUT2D eigenvalue weighted by molar-refractivity contribution is 0.0875. The highest BCUT2D eigenvalue weighted by Crippen LogP contribution is 2.29. The molecule has 4 heteroatoms. The van der Waals surface area contributed by atoms with Crippen molar-refractivity contribution in [1.29, 1.82) is 0 Å². The number of hydrogen-bond donors (Lipinski definition) is 3. The van der Waals surface area contributed by atoms with Gasteiger partial charge in [-0.05, 0) is 48.6 Å². The minimum Gasteiger partial charge on any atom is -0.508 e. The molecular formula is C14H24ClNO2. The number of aryl methyl sites for hydroxylation is 2. The Morgan fingerprint density at radius 3 is 2.06 bits per heavy atom. The molecule has 0 aliphatic heterocycles. The number of phenolic OH excluding ortho intramolecular Hbond substituents is 1. The van der Waals surface area contributed by atoms with E-state index in [9.17, 15) is 10.2 Å². The second-order valence-corrected chi connectivity index (χ2v) is 4.90. The van der Waals surface area contributed by atoms with Gasteiger partial charge in [0.05, 0.1) is 12.1 Å². The Morgan fingerprint density at radius 1 is 1.22 bits per heavy atom. The molecule has 0 spiro atoms. The first-order valence-electron chi connectivity index (χ1n) is 6.12. The van der Waals surface area contributed by atoms with Crippen LogP contribution < -0.4 is 5.73 Å². The molecular weight excluding hydrogens is 250 g/mol. The van der Waals surface area contributed by atoms with Gasteiger partial charge >= 0.3 is 0 Å². The molecule has 0 fully saturated rings. The number of aliphatic hydroxyl groups is 1. The second kappa shape index (κ2) is 6.98. The average molecular weight is 274 g/mol. The molecule has 0 amide bonds. The zero-order valence-corrected chi connectivity index (χ0v) is 12.3. The van der Waals surface area contributed by atoms with Crippen molar-refractivity contribution < 1.29 is 10.2 Å². The summed E-state index contributed by atoms with van der Waals surface area (Å²) >= 11 is 0. The molecule has 0 bridgehead atoms. The van der Waals surface area contributed by atoms with Crippen molar-refractivity contribution in [3.8, 4) is 5.75 Å². The van der Waals surface area contributed by atoms with E-state index in [0.29, 0.717) is 0 Å². The molecule has 0 heterocycles. The number of rotatable bonds is 4. The average Bonchev–Trinajstić information content (AvgIpc) is 2.25. The molecule has 0 aliphatic rings. The van der Waals surface area contributed by atoms with Gasteiger partial charge in [0, 0.05) is 0 Å². The smallest absolute Gasteiger partial charge is 0.116 e. The van der Waals surface area contributed by atoms with E-state index in [-0.39, 0.29) is 24.1 Å². The molecule has 0 radical (unpaired) electrons. The monoisotopic (exact) mass is 273 g/mol. The maximum atomic E-state index is 10.2. The van der Waals surface area contributed by atoms with E-state index in [1.165, 1.54) is 0 Å². The van der Waals surface area contributed by atoms with Crippen LogP contribution in [0.3, 0.4) is 0 Å². The molecule has 0 aliphatic carbocycles. The molecule has 1 unspecified atom stereocenters. The first-order valence-corrected chi connectivity index (χ1v) is 6.12. The minimum absolute atomic E-state index is 0. The van der Waals surface area contributed by atoms with Crippen LogP contribution in [-0.4, -0.2) is 16.3 Å². The van der Waals surface area contributed by atoms with Gasteiger partial charge in [-0.25, -0.2) is 0 Å². The third-order valence-corrected chi connectivity index (χ3v) is 3.51. The number of aliphatic hydroxyl groups excluding tert-OH is 1. The predicted molar refractivity (Wildman–Crippen MR) is 77.2 cm³/mol. The number of benzene rings is 1. The van der Waals surface area contributed by atoms with Gasteiger partial charge in [0.2, 0.25) is 0 Å². The minimum atomic E-state index is -0.554. The molecule has 0 saturated carbocycles. The maximum Gasteiger partial charge on any atom is 0.116 e. The summed E-state index contributed by atoms with van der Waals surface area (Å²) in [5.74, 6) is 0.409. The van der Waals surface area contributed by atoms with Crippen molar-refractivity contribution in [2.45, 2.75) is 46.3 Å². The maximum absolute atomic E-state index is 10.2. The lowest BCUT2D eigenvalue weighted by Crippen LogP contribution is -2.32. The standard InChI is InChI=1S/C14H23NO2.ClH/c1-5-8(2)14(17)13(15)12-9(3)6-11(16)7-10(12)4;/h6-8,13-14,16-17H,5,15H2,1-4H3;1H/t8?,13-,14+;/m0./s1. The highest BCUT2D eigenvalue weighted by molar-refractivity contribution is 5.85. The summed E-state index contributed by atoms with van der Waals surface area (Å²) in [5.41, 5.74) is 8.93. The molecule has 18 heavy (non-hydrogen) atoms. The number of hydrogen-bond acceptors (Lipinski definition) is 3. The van der Waals surface area contributed by atoms with E-state index in [2.05, 4.69) is 0 Å². The van der Waals surface area contributed by atoms with E-state index in [4.69, 9.17) is 5.73 Å². The molecule has 1 rings (SSSR count). The largest absolute Gasteiger partial charge is 0.508 e. The Labute approximate surface area is 115 Å². The van der Waals surface area contributed by atoms with Crippen LogP contribution in [0.5, 0.6) is 5.75 Å². The summed E-state index contributed by atoms with van der Waals surface area (Å²) in [6, 6.07) is 2.97. The summed E-state index contributed by atoms with van der Waals surface area (Å²) in [6.45, 7) is 7.85. The zero-order chi connectivity index (χ0) is 13.2. The number of aromatic hydroxyl groups is 1. The van der Waals surface area contributed by atoms with E-state index >= 15 is 0 Å². The Balaban J connectivity index is 0.00000289. The third kappa shape index (κ3) is 3.61. The second-order valence-electron chi connectivity index (χ2n) is 4.90. The number of halogens is 1. The zero-order valence-electron chi connectivity index (χ0n) is 11.5. The van der Waals surface area contributed by atoms with Crippen LogP contribution in [0.4, 0.5) is 0 Å². The normalized spacial score (nSPS) is 15.7. The molecule has 4 N–H and O–H groups in total. The molecule has 1 aromatic rings. The Hall–Kier alpha value is -0.770. The van der Waals surface area contributed by atoms with Crippen LogP contribution in [0.25, 0.3) is 0 Å². The molecule has 0 saturated heterocycles. The van der Waals surface area contributed by atoms with Crippen molar-refractivity contribution in [2.75, 3.05) is 0 Å². The molecule has 104 valence electrons. The van der Waals surface area contributed by atoms with E-state index < -0.39 is 12.1 Å². The van der Waals surface area contributed by atoms with Gasteiger partial charge < -0.3 is 15.9 Å². The van der Waals surface area contributed by atoms with Crippen LogP contribution >= 0.6 is 12.4 Å². The Kier molecular flexibility index (Phi) is 6.68. The van der Waals surface area contributed by atoms with Gasteiger partial charge in [-0.2, -0.15) is 0 Å². The SMILES string of the molecule is CCC(C)[C@@H](O)[C@@H](N)c1c(C)cc(O)cc1C.Cl. The van der Waals surface area contributed by atoms with Gasteiger partial charge in [-0.1, -0.05) is 20.3 Å². The highest BCUT2D eigenvalue weighted by Gasteiger charge is 2.24. The molecule has 0 aromatic heterocycles. The van der Waals surface area contributed by atoms with Crippen LogP contribution in [0, 0.1) is 19.8 Å².